The molecule has 3 N–H and O–H groups in total. The minimum atomic E-state index is -4.84. The molecule has 1 aliphatic rings. The van der Waals surface area contributed by atoms with Crippen LogP contribution in [-0.4, -0.2) is 31.5 Å². The Hall–Kier alpha value is -2.85. The number of carbonyl (C=O) groups excluding carboxylic acids is 1. The highest BCUT2D eigenvalue weighted by Gasteiger charge is 2.42. The number of hydrogen-bond acceptors (Lipinski definition) is 3. The molecule has 1 fully saturated rings. The van der Waals surface area contributed by atoms with Crippen molar-refractivity contribution in [3.8, 4) is 22.4 Å². The first-order valence-corrected chi connectivity index (χ1v) is 10.2. The maximum absolute atomic E-state index is 14.7. The van der Waals surface area contributed by atoms with Gasteiger partial charge in [-0.15, -0.1) is 0 Å². The van der Waals surface area contributed by atoms with Gasteiger partial charge in [0.25, 0.3) is 5.91 Å². The Balaban J connectivity index is 2.06. The van der Waals surface area contributed by atoms with E-state index in [1.165, 1.54) is 29.8 Å². The highest BCUT2D eigenvalue weighted by Crippen LogP contribution is 2.48. The fourth-order valence-corrected chi connectivity index (χ4v) is 4.14. The monoisotopic (exact) mass is 470 g/mol. The number of primary amides is 1. The van der Waals surface area contributed by atoms with E-state index in [2.05, 4.69) is 5.10 Å². The van der Waals surface area contributed by atoms with E-state index in [1.807, 2.05) is 0 Å². The van der Waals surface area contributed by atoms with Crippen molar-refractivity contribution in [3.05, 3.63) is 52.7 Å². The largest absolute Gasteiger partial charge is 0.433 e. The van der Waals surface area contributed by atoms with Crippen LogP contribution in [0.4, 0.5) is 17.6 Å². The summed E-state index contributed by atoms with van der Waals surface area (Å²) in [6, 6.07) is 3.76. The number of nitrogens with zero attached hydrogens (tertiary/aromatic N) is 3. The van der Waals surface area contributed by atoms with E-state index in [0.29, 0.717) is 17.5 Å². The molecular formula is C21H19ClF4N4O2. The Bertz CT molecular complexity index is 1180. The molecule has 0 saturated heterocycles. The third-order valence-electron chi connectivity index (χ3n) is 5.25. The Labute approximate surface area is 185 Å². The highest BCUT2D eigenvalue weighted by atomic mass is 35.5. The fourth-order valence-electron chi connectivity index (χ4n) is 3.88. The topological polar surface area (TPSA) is 86.1 Å². The van der Waals surface area contributed by atoms with Crippen molar-refractivity contribution in [2.45, 2.75) is 44.6 Å². The number of alkyl halides is 3. The SMILES string of the molecule is C[C@@H](O)Cn1ncc(-c2c(C(N)=O)c(-c3c(F)cccc3Cl)cn2C2CC2)c1C(F)(F)F. The third-order valence-corrected chi connectivity index (χ3v) is 5.57. The van der Waals surface area contributed by atoms with Gasteiger partial charge in [0.2, 0.25) is 0 Å². The summed E-state index contributed by atoms with van der Waals surface area (Å²) in [6.07, 6.45) is -2.19. The maximum atomic E-state index is 14.7. The van der Waals surface area contributed by atoms with E-state index >= 15 is 0 Å². The van der Waals surface area contributed by atoms with Crippen LogP contribution in [0.5, 0.6) is 0 Å². The first kappa shape index (κ1) is 22.3. The number of rotatable bonds is 6. The van der Waals surface area contributed by atoms with Crippen LogP contribution in [0.15, 0.2) is 30.6 Å². The number of carbonyl (C=O) groups is 1. The Morgan fingerprint density at radius 3 is 2.56 bits per heavy atom. The van der Waals surface area contributed by atoms with Gasteiger partial charge in [0.1, 0.15) is 5.82 Å². The molecule has 11 heteroatoms. The second kappa shape index (κ2) is 7.93. The Kier molecular flexibility index (Phi) is 5.54. The van der Waals surface area contributed by atoms with Gasteiger partial charge in [-0.3, -0.25) is 9.48 Å². The molecule has 32 heavy (non-hydrogen) atoms. The van der Waals surface area contributed by atoms with E-state index in [1.54, 1.807) is 0 Å². The summed E-state index contributed by atoms with van der Waals surface area (Å²) in [4.78, 5) is 12.5. The van der Waals surface area contributed by atoms with Gasteiger partial charge in [0.15, 0.2) is 5.69 Å². The van der Waals surface area contributed by atoms with Crippen molar-refractivity contribution < 1.29 is 27.5 Å². The van der Waals surface area contributed by atoms with Gasteiger partial charge in [0.05, 0.1) is 35.1 Å². The quantitative estimate of drug-likeness (QED) is 0.514. The predicted octanol–water partition coefficient (Wildman–Crippen LogP) is 4.64. The molecule has 0 unspecified atom stereocenters. The van der Waals surface area contributed by atoms with E-state index < -0.39 is 36.2 Å². The van der Waals surface area contributed by atoms with Crippen LogP contribution in [0.2, 0.25) is 5.02 Å². The summed E-state index contributed by atoms with van der Waals surface area (Å²) in [5, 5.41) is 13.4. The van der Waals surface area contributed by atoms with Crippen LogP contribution in [-0.2, 0) is 12.7 Å². The van der Waals surface area contributed by atoms with Gasteiger partial charge in [-0.05, 0) is 31.9 Å². The summed E-state index contributed by atoms with van der Waals surface area (Å²) in [5.74, 6) is -1.76. The highest BCUT2D eigenvalue weighted by molar-refractivity contribution is 6.33. The van der Waals surface area contributed by atoms with Crippen LogP contribution in [0.1, 0.15) is 41.9 Å². The zero-order valence-electron chi connectivity index (χ0n) is 16.8. The summed E-state index contributed by atoms with van der Waals surface area (Å²) in [5.41, 5.74) is 3.62. The lowest BCUT2D eigenvalue weighted by molar-refractivity contribution is -0.144. The van der Waals surface area contributed by atoms with Crippen molar-refractivity contribution in [2.24, 2.45) is 5.73 Å². The summed E-state index contributed by atoms with van der Waals surface area (Å²) >= 11 is 6.18. The van der Waals surface area contributed by atoms with Crippen molar-refractivity contribution in [3.63, 3.8) is 0 Å². The first-order valence-electron chi connectivity index (χ1n) is 9.81. The minimum Gasteiger partial charge on any atom is -0.391 e. The zero-order valence-corrected chi connectivity index (χ0v) is 17.6. The molecule has 2 heterocycles. The minimum absolute atomic E-state index is 0.00663. The number of halogens is 5. The number of amides is 1. The lowest BCUT2D eigenvalue weighted by atomic mass is 9.99. The summed E-state index contributed by atoms with van der Waals surface area (Å²) < 4.78 is 59.0. The van der Waals surface area contributed by atoms with Gasteiger partial charge in [-0.2, -0.15) is 18.3 Å². The summed E-state index contributed by atoms with van der Waals surface area (Å²) in [7, 11) is 0. The van der Waals surface area contributed by atoms with E-state index in [4.69, 9.17) is 17.3 Å². The zero-order chi connectivity index (χ0) is 23.4. The Morgan fingerprint density at radius 2 is 2.03 bits per heavy atom. The normalized spacial score (nSPS) is 15.2. The number of nitrogens with two attached hydrogens (primary N) is 1. The van der Waals surface area contributed by atoms with Gasteiger partial charge in [0, 0.05) is 28.9 Å². The molecule has 1 aliphatic carbocycles. The van der Waals surface area contributed by atoms with E-state index in [-0.39, 0.29) is 39.0 Å². The smallest absolute Gasteiger partial charge is 0.391 e. The summed E-state index contributed by atoms with van der Waals surface area (Å²) in [6.45, 7) is 0.929. The molecule has 1 aromatic carbocycles. The van der Waals surface area contributed by atoms with Crippen LogP contribution in [0.25, 0.3) is 22.4 Å². The van der Waals surface area contributed by atoms with E-state index in [0.717, 1.165) is 12.3 Å². The number of aliphatic hydroxyl groups excluding tert-OH is 1. The predicted molar refractivity (Wildman–Crippen MR) is 110 cm³/mol. The maximum Gasteiger partial charge on any atom is 0.433 e. The Morgan fingerprint density at radius 1 is 1.34 bits per heavy atom. The van der Waals surface area contributed by atoms with E-state index in [9.17, 15) is 27.5 Å². The van der Waals surface area contributed by atoms with Crippen molar-refractivity contribution in [1.82, 2.24) is 14.3 Å². The second-order valence-electron chi connectivity index (χ2n) is 7.80. The third kappa shape index (κ3) is 3.88. The average Bonchev–Trinajstić information content (AvgIpc) is 3.30. The first-order chi connectivity index (χ1) is 15.0. The van der Waals surface area contributed by atoms with Crippen molar-refractivity contribution in [1.29, 1.82) is 0 Å². The number of aromatic nitrogens is 3. The standard InChI is InChI=1S/C21H19ClF4N4O2/c1-10(31)8-30-19(21(24,25)26)12(7-28-30)18-17(20(27)32)13(9-29(18)11-5-6-11)16-14(22)3-2-4-15(16)23/h2-4,7,9-11,31H,5-6,8H2,1H3,(H2,27,32)/t10-/m1/s1. The molecule has 2 aromatic heterocycles. The van der Waals surface area contributed by atoms with Crippen LogP contribution >= 0.6 is 11.6 Å². The lowest BCUT2D eigenvalue weighted by Crippen LogP contribution is -2.21. The molecular weight excluding hydrogens is 452 g/mol. The van der Waals surface area contributed by atoms with Crippen LogP contribution in [0.3, 0.4) is 0 Å². The van der Waals surface area contributed by atoms with Crippen LogP contribution in [0, 0.1) is 5.82 Å². The van der Waals surface area contributed by atoms with Gasteiger partial charge < -0.3 is 15.4 Å². The molecule has 170 valence electrons. The molecule has 4 rings (SSSR count). The molecule has 0 bridgehead atoms. The fraction of sp³-hybridized carbons (Fsp3) is 0.333. The molecule has 1 atom stereocenters. The van der Waals surface area contributed by atoms with Gasteiger partial charge >= 0.3 is 6.18 Å². The number of aliphatic hydroxyl groups is 1. The molecule has 0 radical (unpaired) electrons. The number of benzene rings is 1. The molecule has 3 aromatic rings. The van der Waals surface area contributed by atoms with Crippen molar-refractivity contribution >= 4 is 17.5 Å². The molecule has 1 amide bonds. The molecule has 0 aliphatic heterocycles. The molecule has 1 saturated carbocycles. The average molecular weight is 471 g/mol. The molecule has 6 nitrogen and oxygen atoms in total. The second-order valence-corrected chi connectivity index (χ2v) is 8.21. The van der Waals surface area contributed by atoms with Crippen LogP contribution < -0.4 is 5.73 Å². The lowest BCUT2D eigenvalue weighted by Gasteiger charge is -2.16. The molecule has 0 spiro atoms. The van der Waals surface area contributed by atoms with Gasteiger partial charge in [-0.25, -0.2) is 4.39 Å². The number of hydrogen-bond donors (Lipinski definition) is 2. The van der Waals surface area contributed by atoms with Gasteiger partial charge in [-0.1, -0.05) is 17.7 Å². The van der Waals surface area contributed by atoms with Crippen molar-refractivity contribution in [2.75, 3.05) is 0 Å².